The molecule has 3 aromatic carbocycles. The van der Waals surface area contributed by atoms with Crippen molar-refractivity contribution < 1.29 is 23.6 Å². The molecular weight excluding hydrogens is 492 g/mol. The number of rotatable bonds is 12. The van der Waals surface area contributed by atoms with Crippen LogP contribution in [0.5, 0.6) is 0 Å². The summed E-state index contributed by atoms with van der Waals surface area (Å²) in [5.41, 5.74) is 4.44. The number of furan rings is 1. The minimum atomic E-state index is -0.345. The highest BCUT2D eigenvalue weighted by molar-refractivity contribution is 5.96. The molecular formula is C32H36N2O5. The molecule has 0 aliphatic carbocycles. The highest BCUT2D eigenvalue weighted by Gasteiger charge is 2.20. The number of ether oxygens (including phenoxy) is 1. The quantitative estimate of drug-likeness (QED) is 0.170. The molecule has 0 spiro atoms. The summed E-state index contributed by atoms with van der Waals surface area (Å²) in [5, 5.41) is 3.33. The van der Waals surface area contributed by atoms with E-state index in [1.54, 1.807) is 0 Å². The molecule has 1 aliphatic rings. The number of carbonyl (C=O) groups is 2. The van der Waals surface area contributed by atoms with Gasteiger partial charge in [0.05, 0.1) is 0 Å². The molecule has 39 heavy (non-hydrogen) atoms. The molecule has 1 saturated heterocycles. The molecule has 204 valence electrons. The predicted molar refractivity (Wildman–Crippen MR) is 151 cm³/mol. The van der Waals surface area contributed by atoms with Crippen molar-refractivity contribution in [1.29, 1.82) is 0 Å². The van der Waals surface area contributed by atoms with Crippen LogP contribution in [0.2, 0.25) is 0 Å². The number of para-hydroxylation sites is 1. The molecule has 5 rings (SSSR count). The molecule has 1 unspecified atom stereocenters. The maximum Gasteiger partial charge on any atom is 0.289 e. The van der Waals surface area contributed by atoms with Gasteiger partial charge in [0.15, 0.2) is 12.1 Å². The van der Waals surface area contributed by atoms with Crippen molar-refractivity contribution in [2.75, 3.05) is 19.7 Å². The van der Waals surface area contributed by atoms with Crippen LogP contribution < -0.4 is 5.48 Å². The van der Waals surface area contributed by atoms with E-state index in [1.807, 2.05) is 47.4 Å². The predicted octanol–water partition coefficient (Wildman–Crippen LogP) is 6.41. The van der Waals surface area contributed by atoms with Crippen LogP contribution >= 0.6 is 0 Å². The first-order valence-electron chi connectivity index (χ1n) is 14.0. The molecule has 0 bridgehead atoms. The molecule has 2 amide bonds. The summed E-state index contributed by atoms with van der Waals surface area (Å²) in [6.45, 7) is 1.85. The van der Waals surface area contributed by atoms with E-state index in [0.717, 1.165) is 50.3 Å². The van der Waals surface area contributed by atoms with Gasteiger partial charge in [-0.2, -0.15) is 0 Å². The fourth-order valence-electron chi connectivity index (χ4n) is 5.08. The zero-order valence-electron chi connectivity index (χ0n) is 22.3. The number of benzene rings is 3. The van der Waals surface area contributed by atoms with Crippen LogP contribution in [-0.4, -0.2) is 42.7 Å². The number of hydrogen-bond acceptors (Lipinski definition) is 5. The van der Waals surface area contributed by atoms with E-state index in [1.165, 1.54) is 16.3 Å². The van der Waals surface area contributed by atoms with E-state index in [9.17, 15) is 9.59 Å². The van der Waals surface area contributed by atoms with Gasteiger partial charge in [-0.3, -0.25) is 9.59 Å². The largest absolute Gasteiger partial charge is 0.451 e. The third kappa shape index (κ3) is 7.25. The average Bonchev–Trinajstić information content (AvgIpc) is 3.42. The molecule has 7 nitrogen and oxygen atoms in total. The van der Waals surface area contributed by atoms with Crippen LogP contribution in [0.3, 0.4) is 0 Å². The molecule has 7 heteroatoms. The van der Waals surface area contributed by atoms with Gasteiger partial charge in [-0.15, -0.1) is 0 Å². The molecule has 1 fully saturated rings. The maximum absolute atomic E-state index is 13.5. The smallest absolute Gasteiger partial charge is 0.289 e. The number of nitrogens with zero attached hydrogens (tertiary/aromatic N) is 1. The van der Waals surface area contributed by atoms with Crippen LogP contribution in [0.4, 0.5) is 0 Å². The number of hydrogen-bond donors (Lipinski definition) is 1. The second kappa shape index (κ2) is 13.4. The number of fused-ring (bicyclic) bond motifs is 2. The first kappa shape index (κ1) is 26.9. The molecule has 1 aliphatic heterocycles. The molecule has 0 saturated carbocycles. The maximum atomic E-state index is 13.5. The number of carbonyl (C=O) groups excluding carboxylic acids is 2. The van der Waals surface area contributed by atoms with Gasteiger partial charge in [0, 0.05) is 37.9 Å². The summed E-state index contributed by atoms with van der Waals surface area (Å²) < 4.78 is 11.4. The van der Waals surface area contributed by atoms with E-state index in [-0.39, 0.29) is 18.1 Å². The Kier molecular flexibility index (Phi) is 9.25. The first-order valence-corrected chi connectivity index (χ1v) is 14.0. The summed E-state index contributed by atoms with van der Waals surface area (Å²) in [4.78, 5) is 32.9. The third-order valence-electron chi connectivity index (χ3n) is 7.23. The third-order valence-corrected chi connectivity index (χ3v) is 7.23. The summed E-state index contributed by atoms with van der Waals surface area (Å²) in [7, 11) is 0. The SMILES string of the molecule is O=C(CCCCCN(CCc1cccc2ccccc12)C(=O)c1cc2ccccc2o1)NOC1CCCCO1. The minimum absolute atomic E-state index is 0.106. The Morgan fingerprint density at radius 1 is 0.897 bits per heavy atom. The summed E-state index contributed by atoms with van der Waals surface area (Å²) >= 11 is 0. The highest BCUT2D eigenvalue weighted by Crippen LogP contribution is 2.22. The highest BCUT2D eigenvalue weighted by atomic mass is 16.8. The second-order valence-corrected chi connectivity index (χ2v) is 10.1. The van der Waals surface area contributed by atoms with Gasteiger partial charge in [-0.05, 0) is 60.6 Å². The average molecular weight is 529 g/mol. The standard InChI is InChI=1S/C32H36N2O5/c35-30(33-39-31-18-7-9-22-37-31)17-2-1-8-20-34(32(36)29-23-26-12-4-6-16-28(26)38-29)21-19-25-14-10-13-24-11-3-5-15-27(24)25/h3-6,10-16,23,31H,1-2,7-9,17-22H2,(H,33,35). The van der Waals surface area contributed by atoms with Crippen molar-refractivity contribution in [2.45, 2.75) is 57.7 Å². The Bertz CT molecular complexity index is 1350. The van der Waals surface area contributed by atoms with Gasteiger partial charge >= 0.3 is 0 Å². The van der Waals surface area contributed by atoms with E-state index in [0.29, 0.717) is 37.5 Å². The van der Waals surface area contributed by atoms with Crippen molar-refractivity contribution >= 4 is 33.6 Å². The Morgan fingerprint density at radius 3 is 2.56 bits per heavy atom. The van der Waals surface area contributed by atoms with Gasteiger partial charge in [0.2, 0.25) is 5.91 Å². The van der Waals surface area contributed by atoms with Crippen molar-refractivity contribution in [1.82, 2.24) is 10.4 Å². The number of unbranched alkanes of at least 4 members (excludes halogenated alkanes) is 2. The summed E-state index contributed by atoms with van der Waals surface area (Å²) in [6.07, 6.45) is 5.99. The fraction of sp³-hybridized carbons (Fsp3) is 0.375. The Labute approximate surface area is 229 Å². The lowest BCUT2D eigenvalue weighted by atomic mass is 10.0. The summed E-state index contributed by atoms with van der Waals surface area (Å²) in [5.74, 6) is 0.107. The number of amides is 2. The van der Waals surface area contributed by atoms with Gasteiger partial charge in [0.25, 0.3) is 5.91 Å². The normalized spacial score (nSPS) is 15.4. The fourth-order valence-corrected chi connectivity index (χ4v) is 5.08. The van der Waals surface area contributed by atoms with Crippen LogP contribution in [0.25, 0.3) is 21.7 Å². The van der Waals surface area contributed by atoms with E-state index in [4.69, 9.17) is 14.0 Å². The Morgan fingerprint density at radius 2 is 1.72 bits per heavy atom. The Hall–Kier alpha value is -3.68. The molecule has 0 radical (unpaired) electrons. The van der Waals surface area contributed by atoms with Gasteiger partial charge in [0.1, 0.15) is 5.58 Å². The van der Waals surface area contributed by atoms with Crippen LogP contribution in [-0.2, 0) is 20.8 Å². The molecule has 2 heterocycles. The Balaban J connectivity index is 1.17. The van der Waals surface area contributed by atoms with E-state index >= 15 is 0 Å². The van der Waals surface area contributed by atoms with Gasteiger partial charge in [-0.25, -0.2) is 10.3 Å². The lowest BCUT2D eigenvalue weighted by Gasteiger charge is -2.22. The first-order chi connectivity index (χ1) is 19.2. The van der Waals surface area contributed by atoms with Crippen molar-refractivity contribution in [3.8, 4) is 0 Å². The molecule has 1 aromatic heterocycles. The van der Waals surface area contributed by atoms with Crippen molar-refractivity contribution in [3.63, 3.8) is 0 Å². The zero-order chi connectivity index (χ0) is 26.9. The molecule has 4 aromatic rings. The second-order valence-electron chi connectivity index (χ2n) is 10.1. The van der Waals surface area contributed by atoms with Crippen LogP contribution in [0, 0.1) is 0 Å². The van der Waals surface area contributed by atoms with Crippen LogP contribution in [0.15, 0.2) is 77.2 Å². The van der Waals surface area contributed by atoms with E-state index in [2.05, 4.69) is 35.8 Å². The topological polar surface area (TPSA) is 81.0 Å². The van der Waals surface area contributed by atoms with Crippen molar-refractivity contribution in [2.24, 2.45) is 0 Å². The summed E-state index contributed by atoms with van der Waals surface area (Å²) in [6, 6.07) is 24.1. The molecule has 1 atom stereocenters. The van der Waals surface area contributed by atoms with Crippen LogP contribution in [0.1, 0.15) is 61.1 Å². The lowest BCUT2D eigenvalue weighted by molar-refractivity contribution is -0.200. The van der Waals surface area contributed by atoms with E-state index < -0.39 is 0 Å². The number of hydroxylamine groups is 1. The monoisotopic (exact) mass is 528 g/mol. The van der Waals surface area contributed by atoms with Crippen molar-refractivity contribution in [3.05, 3.63) is 84.1 Å². The molecule has 1 N–H and O–H groups in total. The van der Waals surface area contributed by atoms with Gasteiger partial charge in [-0.1, -0.05) is 67.1 Å². The van der Waals surface area contributed by atoms with Gasteiger partial charge < -0.3 is 14.1 Å². The zero-order valence-corrected chi connectivity index (χ0v) is 22.3. The lowest BCUT2D eigenvalue weighted by Crippen LogP contribution is -2.34. The minimum Gasteiger partial charge on any atom is -0.451 e. The number of nitrogens with one attached hydrogen (secondary N) is 1.